The third-order valence-electron chi connectivity index (χ3n) is 5.46. The van der Waals surface area contributed by atoms with Gasteiger partial charge < -0.3 is 9.30 Å². The molecule has 2 aromatic rings. The van der Waals surface area contributed by atoms with Crippen LogP contribution >= 0.6 is 11.6 Å². The van der Waals surface area contributed by atoms with Crippen molar-refractivity contribution in [3.63, 3.8) is 0 Å². The zero-order chi connectivity index (χ0) is 14.4. The molecule has 2 fully saturated rings. The van der Waals surface area contributed by atoms with Crippen molar-refractivity contribution < 1.29 is 4.74 Å². The molecular weight excluding hydrogens is 284 g/mol. The number of halogens is 1. The number of ether oxygens (including phenoxy) is 1. The second-order valence-electron chi connectivity index (χ2n) is 6.56. The molecule has 0 spiro atoms. The van der Waals surface area contributed by atoms with E-state index < -0.39 is 0 Å². The molecule has 4 rings (SSSR count). The third kappa shape index (κ3) is 2.22. The first-order valence-electron chi connectivity index (χ1n) is 7.87. The molecule has 0 amide bonds. The molecule has 2 bridgehead atoms. The van der Waals surface area contributed by atoms with Crippen molar-refractivity contribution in [1.29, 1.82) is 0 Å². The minimum Gasteiger partial charge on any atom is -0.497 e. The van der Waals surface area contributed by atoms with Crippen LogP contribution in [0.5, 0.6) is 5.75 Å². The molecule has 3 unspecified atom stereocenters. The molecule has 3 atom stereocenters. The van der Waals surface area contributed by atoms with Crippen molar-refractivity contribution in [3.05, 3.63) is 24.0 Å². The van der Waals surface area contributed by atoms with Crippen LogP contribution in [0.2, 0.25) is 0 Å². The summed E-state index contributed by atoms with van der Waals surface area (Å²) in [4.78, 5) is 4.69. The molecule has 0 N–H and O–H groups in total. The topological polar surface area (TPSA) is 27.1 Å². The van der Waals surface area contributed by atoms with Crippen LogP contribution in [0, 0.1) is 17.8 Å². The molecule has 4 heteroatoms. The molecule has 2 saturated carbocycles. The SMILES string of the molecule is COc1ccc2c(c1)nc(CCl)n2CC1CC2CCC1C2. The Labute approximate surface area is 130 Å². The van der Waals surface area contributed by atoms with Gasteiger partial charge in [0, 0.05) is 12.6 Å². The van der Waals surface area contributed by atoms with Gasteiger partial charge in [0.25, 0.3) is 0 Å². The molecule has 3 nitrogen and oxygen atoms in total. The summed E-state index contributed by atoms with van der Waals surface area (Å²) in [6.07, 6.45) is 5.71. The van der Waals surface area contributed by atoms with E-state index in [0.29, 0.717) is 5.88 Å². The fourth-order valence-corrected chi connectivity index (χ4v) is 4.63. The highest BCUT2D eigenvalue weighted by Gasteiger charge is 2.39. The molecule has 1 aromatic carbocycles. The van der Waals surface area contributed by atoms with Crippen LogP contribution < -0.4 is 4.74 Å². The number of imidazole rings is 1. The standard InChI is InChI=1S/C17H21ClN2O/c1-21-14-4-5-16-15(8-14)19-17(9-18)20(16)10-13-7-11-2-3-12(13)6-11/h4-5,8,11-13H,2-3,6-7,9-10H2,1H3. The van der Waals surface area contributed by atoms with Gasteiger partial charge in [-0.1, -0.05) is 6.42 Å². The fraction of sp³-hybridized carbons (Fsp3) is 0.588. The van der Waals surface area contributed by atoms with Gasteiger partial charge in [-0.3, -0.25) is 0 Å². The summed E-state index contributed by atoms with van der Waals surface area (Å²) in [5.41, 5.74) is 2.18. The van der Waals surface area contributed by atoms with E-state index >= 15 is 0 Å². The van der Waals surface area contributed by atoms with Crippen LogP contribution in [0.4, 0.5) is 0 Å². The largest absolute Gasteiger partial charge is 0.497 e. The van der Waals surface area contributed by atoms with Gasteiger partial charge in [-0.2, -0.15) is 0 Å². The van der Waals surface area contributed by atoms with Gasteiger partial charge in [-0.05, 0) is 49.1 Å². The van der Waals surface area contributed by atoms with Crippen molar-refractivity contribution in [3.8, 4) is 5.75 Å². The highest BCUT2D eigenvalue weighted by atomic mass is 35.5. The van der Waals surface area contributed by atoms with E-state index in [0.717, 1.165) is 41.4 Å². The predicted molar refractivity (Wildman–Crippen MR) is 84.8 cm³/mol. The number of aromatic nitrogens is 2. The Morgan fingerprint density at radius 2 is 2.24 bits per heavy atom. The summed E-state index contributed by atoms with van der Waals surface area (Å²) in [6, 6.07) is 6.13. The van der Waals surface area contributed by atoms with Crippen molar-refractivity contribution in [2.24, 2.45) is 17.8 Å². The summed E-state index contributed by atoms with van der Waals surface area (Å²) in [5, 5.41) is 0. The molecular formula is C17H21ClN2O. The van der Waals surface area contributed by atoms with Crippen LogP contribution in [0.15, 0.2) is 18.2 Å². The Kier molecular flexibility index (Phi) is 3.33. The van der Waals surface area contributed by atoms with Crippen LogP contribution in [0.3, 0.4) is 0 Å². The molecule has 0 saturated heterocycles. The highest BCUT2D eigenvalue weighted by molar-refractivity contribution is 6.16. The summed E-state index contributed by atoms with van der Waals surface area (Å²) >= 11 is 6.13. The second-order valence-corrected chi connectivity index (χ2v) is 6.83. The number of nitrogens with zero attached hydrogens (tertiary/aromatic N) is 2. The van der Waals surface area contributed by atoms with Gasteiger partial charge in [0.2, 0.25) is 0 Å². The maximum atomic E-state index is 6.13. The van der Waals surface area contributed by atoms with Crippen LogP contribution in [0.1, 0.15) is 31.5 Å². The van der Waals surface area contributed by atoms with E-state index in [4.69, 9.17) is 21.3 Å². The zero-order valence-electron chi connectivity index (χ0n) is 12.4. The van der Waals surface area contributed by atoms with Gasteiger partial charge in [-0.25, -0.2) is 4.98 Å². The maximum absolute atomic E-state index is 6.13. The molecule has 112 valence electrons. The Morgan fingerprint density at radius 1 is 1.33 bits per heavy atom. The van der Waals surface area contributed by atoms with E-state index in [1.54, 1.807) is 7.11 Å². The lowest BCUT2D eigenvalue weighted by Gasteiger charge is -2.23. The fourth-order valence-electron chi connectivity index (χ4n) is 4.43. The third-order valence-corrected chi connectivity index (χ3v) is 5.69. The van der Waals surface area contributed by atoms with Gasteiger partial charge in [0.15, 0.2) is 0 Å². The number of methoxy groups -OCH3 is 1. The van der Waals surface area contributed by atoms with Gasteiger partial charge in [-0.15, -0.1) is 11.6 Å². The number of rotatable bonds is 4. The highest BCUT2D eigenvalue weighted by Crippen LogP contribution is 2.49. The number of fused-ring (bicyclic) bond motifs is 3. The Balaban J connectivity index is 1.69. The summed E-state index contributed by atoms with van der Waals surface area (Å²) in [5.74, 6) is 5.03. The van der Waals surface area contributed by atoms with E-state index in [1.807, 2.05) is 12.1 Å². The van der Waals surface area contributed by atoms with Crippen molar-refractivity contribution in [2.45, 2.75) is 38.1 Å². The van der Waals surface area contributed by atoms with Crippen molar-refractivity contribution in [1.82, 2.24) is 9.55 Å². The smallest absolute Gasteiger partial charge is 0.124 e. The Hall–Kier alpha value is -1.22. The molecule has 21 heavy (non-hydrogen) atoms. The van der Waals surface area contributed by atoms with Gasteiger partial charge in [0.05, 0.1) is 24.0 Å². The van der Waals surface area contributed by atoms with E-state index in [9.17, 15) is 0 Å². The van der Waals surface area contributed by atoms with Crippen LogP contribution in [-0.2, 0) is 12.4 Å². The van der Waals surface area contributed by atoms with Gasteiger partial charge in [0.1, 0.15) is 11.6 Å². The normalized spacial score (nSPS) is 27.6. The summed E-state index contributed by atoms with van der Waals surface area (Å²) in [6.45, 7) is 1.08. The Morgan fingerprint density at radius 3 is 2.90 bits per heavy atom. The first-order valence-corrected chi connectivity index (χ1v) is 8.41. The first kappa shape index (κ1) is 13.4. The first-order chi connectivity index (χ1) is 10.3. The lowest BCUT2D eigenvalue weighted by molar-refractivity contribution is 0.296. The van der Waals surface area contributed by atoms with Gasteiger partial charge >= 0.3 is 0 Å². The molecule has 2 aliphatic carbocycles. The molecule has 1 heterocycles. The summed E-state index contributed by atoms with van der Waals surface area (Å²) in [7, 11) is 1.69. The molecule has 0 aliphatic heterocycles. The number of benzene rings is 1. The Bertz CT molecular complexity index is 666. The summed E-state index contributed by atoms with van der Waals surface area (Å²) < 4.78 is 7.64. The number of hydrogen-bond donors (Lipinski definition) is 0. The average Bonchev–Trinajstić information content (AvgIpc) is 3.21. The molecule has 0 radical (unpaired) electrons. The monoisotopic (exact) mass is 304 g/mol. The predicted octanol–water partition coefficient (Wildman–Crippen LogP) is 4.22. The lowest BCUT2D eigenvalue weighted by Crippen LogP contribution is -2.18. The van der Waals surface area contributed by atoms with E-state index in [2.05, 4.69) is 10.6 Å². The van der Waals surface area contributed by atoms with E-state index in [-0.39, 0.29) is 0 Å². The molecule has 1 aromatic heterocycles. The minimum absolute atomic E-state index is 0.470. The number of hydrogen-bond acceptors (Lipinski definition) is 2. The molecule has 2 aliphatic rings. The van der Waals surface area contributed by atoms with Crippen molar-refractivity contribution >= 4 is 22.6 Å². The lowest BCUT2D eigenvalue weighted by atomic mass is 9.89. The van der Waals surface area contributed by atoms with Crippen LogP contribution in [-0.4, -0.2) is 16.7 Å². The zero-order valence-corrected chi connectivity index (χ0v) is 13.1. The minimum atomic E-state index is 0.470. The maximum Gasteiger partial charge on any atom is 0.124 e. The van der Waals surface area contributed by atoms with E-state index in [1.165, 1.54) is 31.2 Å². The quantitative estimate of drug-likeness (QED) is 0.791. The second kappa shape index (κ2) is 5.20. The number of alkyl halides is 1. The average molecular weight is 305 g/mol. The van der Waals surface area contributed by atoms with Crippen molar-refractivity contribution in [2.75, 3.05) is 7.11 Å². The van der Waals surface area contributed by atoms with Crippen LogP contribution in [0.25, 0.3) is 11.0 Å².